The second-order valence-corrected chi connectivity index (χ2v) is 5.54. The smallest absolute Gasteiger partial charge is 0.251 e. The fourth-order valence-electron chi connectivity index (χ4n) is 2.76. The fourth-order valence-corrected chi connectivity index (χ4v) is 2.76. The molecule has 1 aliphatic rings. The lowest BCUT2D eigenvalue weighted by molar-refractivity contribution is -0.135. The van der Waals surface area contributed by atoms with Crippen LogP contribution in [0.2, 0.25) is 0 Å². The van der Waals surface area contributed by atoms with Gasteiger partial charge < -0.3 is 11.1 Å². The van der Waals surface area contributed by atoms with Crippen molar-refractivity contribution in [2.75, 3.05) is 0 Å². The molecule has 1 fully saturated rings. The van der Waals surface area contributed by atoms with Crippen molar-refractivity contribution in [1.29, 1.82) is 0 Å². The fraction of sp³-hybridized carbons (Fsp3) is 0.467. The summed E-state index contributed by atoms with van der Waals surface area (Å²) in [5, 5.41) is 11.7. The zero-order valence-electron chi connectivity index (χ0n) is 12.0. The van der Waals surface area contributed by atoms with Gasteiger partial charge in [0, 0.05) is 11.6 Å². The number of amides is 2. The number of hydroxylamine groups is 1. The molecule has 1 aromatic carbocycles. The highest BCUT2D eigenvalue weighted by molar-refractivity contribution is 5.95. The first-order valence-electron chi connectivity index (χ1n) is 7.10. The molecule has 0 aliphatic heterocycles. The number of carbonyl (C=O) groups is 2. The quantitative estimate of drug-likeness (QED) is 0.486. The molecule has 1 aliphatic carbocycles. The Morgan fingerprint density at radius 1 is 1.24 bits per heavy atom. The summed E-state index contributed by atoms with van der Waals surface area (Å²) in [5.74, 6) is -1.26. The molecule has 3 atom stereocenters. The van der Waals surface area contributed by atoms with Crippen molar-refractivity contribution in [2.45, 2.75) is 38.3 Å². The molecule has 2 rings (SSSR count). The number of hydrogen-bond acceptors (Lipinski definition) is 4. The van der Waals surface area contributed by atoms with E-state index in [9.17, 15) is 9.59 Å². The van der Waals surface area contributed by atoms with Crippen molar-refractivity contribution in [2.24, 2.45) is 11.7 Å². The maximum atomic E-state index is 12.3. The van der Waals surface area contributed by atoms with Gasteiger partial charge in [0.05, 0.1) is 12.0 Å². The van der Waals surface area contributed by atoms with Crippen molar-refractivity contribution in [3.05, 3.63) is 35.4 Å². The van der Waals surface area contributed by atoms with E-state index in [0.29, 0.717) is 12.0 Å². The van der Waals surface area contributed by atoms with Crippen LogP contribution in [0.15, 0.2) is 24.3 Å². The average Bonchev–Trinajstić information content (AvgIpc) is 2.49. The molecule has 114 valence electrons. The van der Waals surface area contributed by atoms with Crippen LogP contribution in [0.5, 0.6) is 0 Å². The Kier molecular flexibility index (Phi) is 4.93. The van der Waals surface area contributed by atoms with Crippen molar-refractivity contribution >= 4 is 11.8 Å². The Bertz CT molecular complexity index is 515. The lowest BCUT2D eigenvalue weighted by Crippen LogP contribution is -2.57. The number of aryl methyl sites for hydroxylation is 1. The van der Waals surface area contributed by atoms with Crippen LogP contribution in [0.4, 0.5) is 0 Å². The van der Waals surface area contributed by atoms with Gasteiger partial charge in [-0.05, 0) is 31.9 Å². The minimum Gasteiger partial charge on any atom is -0.347 e. The standard InChI is InChI=1S/C15H21N3O3/c1-9-5-7-10(8-6-9)14(19)17-13-11(15(20)18-21)3-2-4-12(13)16/h5-8,11-13,21H,2-4,16H2,1H3,(H,17,19)(H,18,20)/t11-,12+,13-/m0/s1. The van der Waals surface area contributed by atoms with E-state index in [1.165, 1.54) is 0 Å². The number of benzene rings is 1. The Morgan fingerprint density at radius 3 is 2.52 bits per heavy atom. The number of rotatable bonds is 3. The van der Waals surface area contributed by atoms with Crippen LogP contribution in [0.1, 0.15) is 35.2 Å². The predicted octanol–water partition coefficient (Wildman–Crippen LogP) is 0.726. The predicted molar refractivity (Wildman–Crippen MR) is 77.7 cm³/mol. The van der Waals surface area contributed by atoms with Gasteiger partial charge in [0.1, 0.15) is 0 Å². The molecular formula is C15H21N3O3. The maximum Gasteiger partial charge on any atom is 0.251 e. The summed E-state index contributed by atoms with van der Waals surface area (Å²) in [6, 6.07) is 6.41. The minimum atomic E-state index is -0.506. The van der Waals surface area contributed by atoms with Crippen molar-refractivity contribution in [3.8, 4) is 0 Å². The summed E-state index contributed by atoms with van der Waals surface area (Å²) in [7, 11) is 0. The van der Waals surface area contributed by atoms with Crippen molar-refractivity contribution in [1.82, 2.24) is 10.8 Å². The summed E-state index contributed by atoms with van der Waals surface area (Å²) < 4.78 is 0. The summed E-state index contributed by atoms with van der Waals surface area (Å²) in [6.07, 6.45) is 2.14. The first-order valence-corrected chi connectivity index (χ1v) is 7.10. The Labute approximate surface area is 123 Å². The van der Waals surface area contributed by atoms with Gasteiger partial charge >= 0.3 is 0 Å². The van der Waals surface area contributed by atoms with Crippen molar-refractivity contribution < 1.29 is 14.8 Å². The number of nitrogens with two attached hydrogens (primary N) is 1. The molecule has 0 radical (unpaired) electrons. The third-order valence-electron chi connectivity index (χ3n) is 4.01. The zero-order valence-corrected chi connectivity index (χ0v) is 12.0. The van der Waals surface area contributed by atoms with Crippen LogP contribution in [0.25, 0.3) is 0 Å². The summed E-state index contributed by atoms with van der Waals surface area (Å²) in [5.41, 5.74) is 9.29. The van der Waals surface area contributed by atoms with Crippen LogP contribution < -0.4 is 16.5 Å². The molecule has 5 N–H and O–H groups in total. The first-order chi connectivity index (χ1) is 10.0. The lowest BCUT2D eigenvalue weighted by atomic mass is 9.80. The SMILES string of the molecule is Cc1ccc(C(=O)N[C@@H]2[C@H](N)CCC[C@@H]2C(=O)NO)cc1. The molecule has 0 aromatic heterocycles. The molecule has 0 spiro atoms. The van der Waals surface area contributed by atoms with Gasteiger partial charge in [-0.15, -0.1) is 0 Å². The second-order valence-electron chi connectivity index (χ2n) is 5.54. The van der Waals surface area contributed by atoms with E-state index in [-0.39, 0.29) is 11.9 Å². The summed E-state index contributed by atoms with van der Waals surface area (Å²) in [6.45, 7) is 1.94. The topological polar surface area (TPSA) is 104 Å². The second kappa shape index (κ2) is 6.69. The third kappa shape index (κ3) is 3.59. The van der Waals surface area contributed by atoms with Crippen molar-refractivity contribution in [3.63, 3.8) is 0 Å². The van der Waals surface area contributed by atoms with E-state index in [0.717, 1.165) is 18.4 Å². The van der Waals surface area contributed by atoms with Gasteiger partial charge in [0.2, 0.25) is 5.91 Å². The highest BCUT2D eigenvalue weighted by Crippen LogP contribution is 2.24. The zero-order chi connectivity index (χ0) is 15.4. The van der Waals surface area contributed by atoms with Crippen LogP contribution in [-0.4, -0.2) is 29.1 Å². The van der Waals surface area contributed by atoms with E-state index in [1.807, 2.05) is 19.1 Å². The maximum absolute atomic E-state index is 12.3. The number of nitrogens with one attached hydrogen (secondary N) is 2. The van der Waals surface area contributed by atoms with Gasteiger partial charge in [-0.3, -0.25) is 14.8 Å². The van der Waals surface area contributed by atoms with Gasteiger partial charge in [-0.25, -0.2) is 5.48 Å². The van der Waals surface area contributed by atoms with E-state index < -0.39 is 17.9 Å². The van der Waals surface area contributed by atoms with Crippen LogP contribution in [0, 0.1) is 12.8 Å². The molecule has 1 aromatic rings. The average molecular weight is 291 g/mol. The van der Waals surface area contributed by atoms with Crippen LogP contribution in [0.3, 0.4) is 0 Å². The molecule has 0 bridgehead atoms. The highest BCUT2D eigenvalue weighted by Gasteiger charge is 2.36. The molecule has 6 heteroatoms. The normalized spacial score (nSPS) is 25.2. The van der Waals surface area contributed by atoms with Gasteiger partial charge in [-0.2, -0.15) is 0 Å². The molecule has 6 nitrogen and oxygen atoms in total. The molecule has 2 amide bonds. The minimum absolute atomic E-state index is 0.256. The van der Waals surface area contributed by atoms with Gasteiger partial charge in [-0.1, -0.05) is 24.1 Å². The van der Waals surface area contributed by atoms with E-state index in [2.05, 4.69) is 5.32 Å². The first kappa shape index (κ1) is 15.5. The lowest BCUT2D eigenvalue weighted by Gasteiger charge is -2.35. The Balaban J connectivity index is 2.12. The Hall–Kier alpha value is -1.92. The van der Waals surface area contributed by atoms with E-state index in [1.54, 1.807) is 17.6 Å². The Morgan fingerprint density at radius 2 is 1.90 bits per heavy atom. The monoisotopic (exact) mass is 291 g/mol. The molecule has 0 unspecified atom stereocenters. The molecule has 0 heterocycles. The third-order valence-corrected chi connectivity index (χ3v) is 4.01. The largest absolute Gasteiger partial charge is 0.347 e. The molecular weight excluding hydrogens is 270 g/mol. The number of hydrogen-bond donors (Lipinski definition) is 4. The molecule has 1 saturated carbocycles. The molecule has 21 heavy (non-hydrogen) atoms. The van der Waals surface area contributed by atoms with Gasteiger partial charge in [0.15, 0.2) is 0 Å². The summed E-state index contributed by atoms with van der Waals surface area (Å²) in [4.78, 5) is 24.0. The number of carbonyl (C=O) groups excluding carboxylic acids is 2. The van der Waals surface area contributed by atoms with E-state index in [4.69, 9.17) is 10.9 Å². The molecule has 0 saturated heterocycles. The van der Waals surface area contributed by atoms with E-state index >= 15 is 0 Å². The summed E-state index contributed by atoms with van der Waals surface area (Å²) >= 11 is 0. The van der Waals surface area contributed by atoms with Crippen LogP contribution in [-0.2, 0) is 4.79 Å². The van der Waals surface area contributed by atoms with Crippen LogP contribution >= 0.6 is 0 Å². The highest BCUT2D eigenvalue weighted by atomic mass is 16.5. The van der Waals surface area contributed by atoms with Gasteiger partial charge in [0.25, 0.3) is 5.91 Å².